The molecule has 1 aromatic heterocycles. The standard InChI is InChI=1S/C18H19NO5S2/c20-18(7-6-16-4-2-12-25-16)24-14-15-3-1-5-17(13-15)26(21,22)19-8-10-23-11-9-19/h1-7,12-13H,8-11,14H2/b7-6+. The van der Waals surface area contributed by atoms with Crippen LogP contribution in [0.1, 0.15) is 10.4 Å². The molecule has 0 unspecified atom stereocenters. The van der Waals surface area contributed by atoms with Gasteiger partial charge >= 0.3 is 5.97 Å². The third-order valence-electron chi connectivity index (χ3n) is 3.81. The summed E-state index contributed by atoms with van der Waals surface area (Å²) in [4.78, 5) is 13.0. The van der Waals surface area contributed by atoms with Crippen LogP contribution >= 0.6 is 11.3 Å². The Hall–Kier alpha value is -2.00. The van der Waals surface area contributed by atoms with Crippen LogP contribution in [-0.2, 0) is 30.9 Å². The highest BCUT2D eigenvalue weighted by Crippen LogP contribution is 2.19. The van der Waals surface area contributed by atoms with Gasteiger partial charge in [-0.05, 0) is 35.2 Å². The van der Waals surface area contributed by atoms with Crippen LogP contribution in [0.5, 0.6) is 0 Å². The van der Waals surface area contributed by atoms with Crippen molar-refractivity contribution < 1.29 is 22.7 Å². The Labute approximate surface area is 156 Å². The molecule has 0 aliphatic carbocycles. The predicted molar refractivity (Wildman–Crippen MR) is 99.2 cm³/mol. The van der Waals surface area contributed by atoms with Crippen molar-refractivity contribution in [3.63, 3.8) is 0 Å². The molecular weight excluding hydrogens is 374 g/mol. The summed E-state index contributed by atoms with van der Waals surface area (Å²) in [5.41, 5.74) is 0.622. The first kappa shape index (κ1) is 18.8. The van der Waals surface area contributed by atoms with Gasteiger partial charge < -0.3 is 9.47 Å². The predicted octanol–water partition coefficient (Wildman–Crippen LogP) is 2.53. The maximum absolute atomic E-state index is 12.7. The monoisotopic (exact) mass is 393 g/mol. The second kappa shape index (κ2) is 8.59. The van der Waals surface area contributed by atoms with E-state index in [1.807, 2.05) is 17.5 Å². The number of thiophene rings is 1. The van der Waals surface area contributed by atoms with Crippen molar-refractivity contribution in [1.82, 2.24) is 4.31 Å². The van der Waals surface area contributed by atoms with E-state index >= 15 is 0 Å². The van der Waals surface area contributed by atoms with Crippen molar-refractivity contribution >= 4 is 33.4 Å². The van der Waals surface area contributed by atoms with E-state index in [-0.39, 0.29) is 11.5 Å². The van der Waals surface area contributed by atoms with Gasteiger partial charge in [-0.2, -0.15) is 4.31 Å². The van der Waals surface area contributed by atoms with Crippen molar-refractivity contribution in [2.45, 2.75) is 11.5 Å². The number of morpholine rings is 1. The van der Waals surface area contributed by atoms with E-state index in [4.69, 9.17) is 9.47 Å². The lowest BCUT2D eigenvalue weighted by Gasteiger charge is -2.26. The summed E-state index contributed by atoms with van der Waals surface area (Å²) >= 11 is 1.52. The lowest BCUT2D eigenvalue weighted by molar-refractivity contribution is -0.138. The molecular formula is C18H19NO5S2. The van der Waals surface area contributed by atoms with Crippen LogP contribution in [0.25, 0.3) is 6.08 Å². The summed E-state index contributed by atoms with van der Waals surface area (Å²) in [5, 5.41) is 1.92. The van der Waals surface area contributed by atoms with E-state index in [9.17, 15) is 13.2 Å². The summed E-state index contributed by atoms with van der Waals surface area (Å²) in [5.74, 6) is -0.472. The molecule has 0 radical (unpaired) electrons. The van der Waals surface area contributed by atoms with Crippen LogP contribution in [0.3, 0.4) is 0 Å². The third-order valence-corrected chi connectivity index (χ3v) is 6.55. The van der Waals surface area contributed by atoms with Gasteiger partial charge in [0.1, 0.15) is 6.61 Å². The smallest absolute Gasteiger partial charge is 0.331 e. The number of nitrogens with zero attached hydrogens (tertiary/aromatic N) is 1. The molecule has 3 rings (SSSR count). The number of hydrogen-bond donors (Lipinski definition) is 0. The molecule has 0 spiro atoms. The summed E-state index contributed by atoms with van der Waals surface area (Å²) in [6, 6.07) is 10.3. The van der Waals surface area contributed by atoms with Crippen molar-refractivity contribution in [2.75, 3.05) is 26.3 Å². The second-order valence-corrected chi connectivity index (χ2v) is 8.54. The van der Waals surface area contributed by atoms with Gasteiger partial charge in [-0.15, -0.1) is 11.3 Å². The highest BCUT2D eigenvalue weighted by atomic mass is 32.2. The van der Waals surface area contributed by atoms with Gasteiger partial charge in [0.05, 0.1) is 18.1 Å². The largest absolute Gasteiger partial charge is 0.458 e. The van der Waals surface area contributed by atoms with Crippen LogP contribution < -0.4 is 0 Å². The first-order valence-electron chi connectivity index (χ1n) is 8.11. The zero-order valence-electron chi connectivity index (χ0n) is 14.0. The van der Waals surface area contributed by atoms with Gasteiger partial charge in [-0.25, -0.2) is 13.2 Å². The molecule has 0 N–H and O–H groups in total. The fourth-order valence-electron chi connectivity index (χ4n) is 2.47. The minimum atomic E-state index is -3.56. The van der Waals surface area contributed by atoms with E-state index in [2.05, 4.69) is 0 Å². The molecule has 138 valence electrons. The molecule has 2 heterocycles. The van der Waals surface area contributed by atoms with Crippen LogP contribution in [0.4, 0.5) is 0 Å². The molecule has 1 fully saturated rings. The molecule has 1 aliphatic rings. The highest BCUT2D eigenvalue weighted by molar-refractivity contribution is 7.89. The van der Waals surface area contributed by atoms with Crippen LogP contribution in [0.2, 0.25) is 0 Å². The lowest BCUT2D eigenvalue weighted by Crippen LogP contribution is -2.40. The van der Waals surface area contributed by atoms with Crippen molar-refractivity contribution in [1.29, 1.82) is 0 Å². The second-order valence-electron chi connectivity index (χ2n) is 5.62. The number of benzene rings is 1. The minimum absolute atomic E-state index is 0.0140. The van der Waals surface area contributed by atoms with Gasteiger partial charge in [-0.1, -0.05) is 18.2 Å². The molecule has 0 atom stereocenters. The van der Waals surface area contributed by atoms with Crippen LogP contribution in [0.15, 0.2) is 52.7 Å². The third kappa shape index (κ3) is 4.79. The molecule has 26 heavy (non-hydrogen) atoms. The molecule has 1 aromatic carbocycles. The van der Waals surface area contributed by atoms with Crippen LogP contribution in [0, 0.1) is 0 Å². The zero-order chi connectivity index (χ0) is 18.4. The Balaban J connectivity index is 1.63. The van der Waals surface area contributed by atoms with E-state index in [1.165, 1.54) is 21.7 Å². The Morgan fingerprint density at radius 2 is 2.04 bits per heavy atom. The first-order valence-corrected chi connectivity index (χ1v) is 10.4. The van der Waals surface area contributed by atoms with Gasteiger partial charge in [0, 0.05) is 24.0 Å². The van der Waals surface area contributed by atoms with Gasteiger partial charge in [0.25, 0.3) is 0 Å². The number of carbonyl (C=O) groups excluding carboxylic acids is 1. The molecule has 6 nitrogen and oxygen atoms in total. The number of sulfonamides is 1. The number of carbonyl (C=O) groups is 1. The van der Waals surface area contributed by atoms with E-state index in [1.54, 1.807) is 30.3 Å². The summed E-state index contributed by atoms with van der Waals surface area (Å²) < 4.78 is 37.1. The summed E-state index contributed by atoms with van der Waals surface area (Å²) in [6.07, 6.45) is 3.05. The fraction of sp³-hybridized carbons (Fsp3) is 0.278. The van der Waals surface area contributed by atoms with Crippen molar-refractivity contribution in [3.8, 4) is 0 Å². The molecule has 0 bridgehead atoms. The number of ether oxygens (including phenoxy) is 2. The topological polar surface area (TPSA) is 72.9 Å². The van der Waals surface area contributed by atoms with Crippen LogP contribution in [-0.4, -0.2) is 45.0 Å². The molecule has 1 saturated heterocycles. The maximum atomic E-state index is 12.7. The molecule has 1 aliphatic heterocycles. The summed E-state index contributed by atoms with van der Waals surface area (Å²) in [7, 11) is -3.56. The number of esters is 1. The molecule has 0 amide bonds. The highest BCUT2D eigenvalue weighted by Gasteiger charge is 2.26. The van der Waals surface area contributed by atoms with Crippen molar-refractivity contribution in [2.24, 2.45) is 0 Å². The Kier molecular flexibility index (Phi) is 6.20. The van der Waals surface area contributed by atoms with Crippen molar-refractivity contribution in [3.05, 3.63) is 58.3 Å². The SMILES string of the molecule is O=C(/C=C/c1cccs1)OCc1cccc(S(=O)(=O)N2CCOCC2)c1. The number of hydrogen-bond acceptors (Lipinski definition) is 6. The first-order chi connectivity index (χ1) is 12.6. The van der Waals surface area contributed by atoms with E-state index in [0.717, 1.165) is 4.88 Å². The average Bonchev–Trinajstić information content (AvgIpc) is 3.19. The Morgan fingerprint density at radius 1 is 1.23 bits per heavy atom. The van der Waals surface area contributed by atoms with Gasteiger partial charge in [0.2, 0.25) is 10.0 Å². The quantitative estimate of drug-likeness (QED) is 0.557. The van der Waals surface area contributed by atoms with E-state index < -0.39 is 16.0 Å². The molecule has 8 heteroatoms. The van der Waals surface area contributed by atoms with E-state index in [0.29, 0.717) is 31.9 Å². The normalized spacial score (nSPS) is 16.0. The molecule has 0 saturated carbocycles. The average molecular weight is 393 g/mol. The Bertz CT molecular complexity index is 869. The number of rotatable bonds is 6. The fourth-order valence-corrected chi connectivity index (χ4v) is 4.57. The van der Waals surface area contributed by atoms with Gasteiger partial charge in [0.15, 0.2) is 0 Å². The van der Waals surface area contributed by atoms with Gasteiger partial charge in [-0.3, -0.25) is 0 Å². The maximum Gasteiger partial charge on any atom is 0.331 e. The molecule has 2 aromatic rings. The lowest BCUT2D eigenvalue weighted by atomic mass is 10.2. The summed E-state index contributed by atoms with van der Waals surface area (Å²) in [6.45, 7) is 1.49. The zero-order valence-corrected chi connectivity index (χ0v) is 15.7. The minimum Gasteiger partial charge on any atom is -0.458 e. The Morgan fingerprint density at radius 3 is 2.77 bits per heavy atom.